The summed E-state index contributed by atoms with van der Waals surface area (Å²) < 4.78 is 0. The molecule has 0 bridgehead atoms. The topological polar surface area (TPSA) is 40.5 Å². The van der Waals surface area contributed by atoms with Gasteiger partial charge >= 0.3 is 0 Å². The van der Waals surface area contributed by atoms with Crippen molar-refractivity contribution in [1.82, 2.24) is 0 Å². The number of aliphatic hydroxyl groups excluding tert-OH is 2. The summed E-state index contributed by atoms with van der Waals surface area (Å²) in [5, 5.41) is 21.4. The van der Waals surface area contributed by atoms with E-state index in [2.05, 4.69) is 40.7 Å². The van der Waals surface area contributed by atoms with E-state index in [4.69, 9.17) is 0 Å². The first-order valence-electron chi connectivity index (χ1n) is 12.7. The summed E-state index contributed by atoms with van der Waals surface area (Å²) in [7, 11) is 0. The summed E-state index contributed by atoms with van der Waals surface area (Å²) in [5.41, 5.74) is 2.17. The van der Waals surface area contributed by atoms with Crippen LogP contribution in [0.1, 0.15) is 98.8 Å². The molecule has 0 saturated heterocycles. The van der Waals surface area contributed by atoms with Crippen LogP contribution in [0.25, 0.3) is 0 Å². The van der Waals surface area contributed by atoms with Gasteiger partial charge in [0.05, 0.1) is 12.2 Å². The molecule has 0 aliphatic heterocycles. The van der Waals surface area contributed by atoms with E-state index >= 15 is 0 Å². The van der Waals surface area contributed by atoms with Crippen LogP contribution in [-0.4, -0.2) is 22.4 Å². The van der Waals surface area contributed by atoms with Crippen molar-refractivity contribution in [2.45, 2.75) is 111 Å². The lowest BCUT2D eigenvalue weighted by atomic mass is 9.44. The molecule has 0 aromatic rings. The summed E-state index contributed by atoms with van der Waals surface area (Å²) in [6.07, 6.45) is 14.0. The Kier molecular flexibility index (Phi) is 6.01. The largest absolute Gasteiger partial charge is 0.393 e. The maximum Gasteiger partial charge on any atom is 0.0577 e. The first-order valence-corrected chi connectivity index (χ1v) is 12.7. The molecule has 0 spiro atoms. The number of rotatable bonds is 4. The van der Waals surface area contributed by atoms with E-state index in [9.17, 15) is 10.2 Å². The predicted molar refractivity (Wildman–Crippen MR) is 120 cm³/mol. The van der Waals surface area contributed by atoms with Gasteiger partial charge in [0.2, 0.25) is 0 Å². The van der Waals surface area contributed by atoms with Gasteiger partial charge < -0.3 is 10.2 Å². The molecule has 2 nitrogen and oxygen atoms in total. The molecule has 10 atom stereocenters. The molecule has 4 aliphatic carbocycles. The van der Waals surface area contributed by atoms with Gasteiger partial charge in [-0.25, -0.2) is 0 Å². The number of hydrogen-bond donors (Lipinski definition) is 2. The zero-order valence-corrected chi connectivity index (χ0v) is 19.7. The van der Waals surface area contributed by atoms with Crippen LogP contribution >= 0.6 is 0 Å². The van der Waals surface area contributed by atoms with Crippen LogP contribution in [0.2, 0.25) is 0 Å². The van der Waals surface area contributed by atoms with Crippen molar-refractivity contribution in [3.8, 4) is 0 Å². The van der Waals surface area contributed by atoms with Crippen molar-refractivity contribution in [1.29, 1.82) is 0 Å². The Hall–Kier alpha value is -0.340. The molecule has 0 aromatic carbocycles. The highest BCUT2D eigenvalue weighted by Gasteiger charge is 2.62. The lowest BCUT2D eigenvalue weighted by molar-refractivity contribution is -0.172. The lowest BCUT2D eigenvalue weighted by Crippen LogP contribution is -2.58. The second kappa shape index (κ2) is 7.97. The smallest absolute Gasteiger partial charge is 0.0577 e. The molecule has 2 N–H and O–H groups in total. The van der Waals surface area contributed by atoms with Crippen molar-refractivity contribution < 1.29 is 10.2 Å². The van der Waals surface area contributed by atoms with E-state index in [1.54, 1.807) is 0 Å². The Morgan fingerprint density at radius 3 is 2.34 bits per heavy atom. The first kappa shape index (κ1) is 21.9. The summed E-state index contributed by atoms with van der Waals surface area (Å²) in [5.74, 6) is 4.25. The molecule has 0 heterocycles. The van der Waals surface area contributed by atoms with Crippen LogP contribution < -0.4 is 0 Å². The van der Waals surface area contributed by atoms with Crippen LogP contribution in [0.3, 0.4) is 0 Å². The fourth-order valence-electron chi connectivity index (χ4n) is 9.09. The molecule has 166 valence electrons. The average Bonchev–Trinajstić information content (AvgIpc) is 3.00. The van der Waals surface area contributed by atoms with Crippen molar-refractivity contribution in [3.63, 3.8) is 0 Å². The van der Waals surface area contributed by atoms with Gasteiger partial charge in [-0.15, -0.1) is 0 Å². The molecule has 29 heavy (non-hydrogen) atoms. The zero-order chi connectivity index (χ0) is 21.0. The van der Waals surface area contributed by atoms with Gasteiger partial charge in [0.1, 0.15) is 0 Å². The third-order valence-corrected chi connectivity index (χ3v) is 10.6. The van der Waals surface area contributed by atoms with Gasteiger partial charge in [0, 0.05) is 0 Å². The van der Waals surface area contributed by atoms with Crippen molar-refractivity contribution in [2.75, 3.05) is 0 Å². The molecule has 4 fully saturated rings. The minimum Gasteiger partial charge on any atom is -0.393 e. The average molecular weight is 403 g/mol. The summed E-state index contributed by atoms with van der Waals surface area (Å²) in [4.78, 5) is 0. The SMILES string of the molecule is CC(C)=CCC[C@@H](C)[C@H]1CCC2C3C[C@H](O)[C@@H]4C[C@H](O)CC[C@]4(C)C3CC[C@@]21C. The van der Waals surface area contributed by atoms with E-state index in [0.29, 0.717) is 17.3 Å². The van der Waals surface area contributed by atoms with E-state index < -0.39 is 0 Å². The minimum absolute atomic E-state index is 0.189. The van der Waals surface area contributed by atoms with Crippen molar-refractivity contribution in [3.05, 3.63) is 11.6 Å². The molecule has 4 saturated carbocycles. The quantitative estimate of drug-likeness (QED) is 0.537. The van der Waals surface area contributed by atoms with Crippen LogP contribution in [0, 0.1) is 46.3 Å². The highest BCUT2D eigenvalue weighted by atomic mass is 16.3. The lowest BCUT2D eigenvalue weighted by Gasteiger charge is -2.62. The summed E-state index contributed by atoms with van der Waals surface area (Å²) >= 11 is 0. The minimum atomic E-state index is -0.201. The summed E-state index contributed by atoms with van der Waals surface area (Å²) in [6, 6.07) is 0. The fourth-order valence-corrected chi connectivity index (χ4v) is 9.09. The molecular formula is C27H46O2. The molecule has 3 unspecified atom stereocenters. The Morgan fingerprint density at radius 1 is 0.931 bits per heavy atom. The van der Waals surface area contributed by atoms with Crippen LogP contribution in [0.4, 0.5) is 0 Å². The molecule has 4 rings (SSSR count). The van der Waals surface area contributed by atoms with E-state index in [-0.39, 0.29) is 17.6 Å². The van der Waals surface area contributed by atoms with Gasteiger partial charge in [-0.2, -0.15) is 0 Å². The van der Waals surface area contributed by atoms with Gasteiger partial charge in [-0.3, -0.25) is 0 Å². The Bertz CT molecular complexity index is 622. The first-order chi connectivity index (χ1) is 13.7. The molecule has 4 aliphatic rings. The number of hydrogen-bond acceptors (Lipinski definition) is 2. The normalized spacial score (nSPS) is 50.2. The van der Waals surface area contributed by atoms with Crippen molar-refractivity contribution >= 4 is 0 Å². The zero-order valence-electron chi connectivity index (χ0n) is 19.7. The number of allylic oxidation sites excluding steroid dienone is 2. The number of aliphatic hydroxyl groups is 2. The predicted octanol–water partition coefficient (Wildman–Crippen LogP) is 6.36. The van der Waals surface area contributed by atoms with E-state index in [1.165, 1.54) is 44.1 Å². The molecule has 2 heteroatoms. The highest BCUT2D eigenvalue weighted by molar-refractivity contribution is 5.11. The monoisotopic (exact) mass is 402 g/mol. The standard InChI is InChI=1S/C27H46O2/c1-17(2)7-6-8-18(3)21-9-10-22-20-16-25(29)24-15-19(28)11-13-27(24,5)23(20)12-14-26(21,22)4/h7,18-25,28-29H,6,8-16H2,1-5H3/t18-,19-,20?,21-,22?,23?,24+,25+,26-,27-/m1/s1. The van der Waals surface area contributed by atoms with Gasteiger partial charge in [0.25, 0.3) is 0 Å². The summed E-state index contributed by atoms with van der Waals surface area (Å²) in [6.45, 7) is 12.0. The Morgan fingerprint density at radius 2 is 1.62 bits per heavy atom. The second-order valence-electron chi connectivity index (χ2n) is 12.3. The number of fused-ring (bicyclic) bond motifs is 5. The molecule has 0 amide bonds. The third kappa shape index (κ3) is 3.65. The molecular weight excluding hydrogens is 356 g/mol. The fraction of sp³-hybridized carbons (Fsp3) is 0.926. The van der Waals surface area contributed by atoms with Crippen molar-refractivity contribution in [2.24, 2.45) is 46.3 Å². The molecule has 0 radical (unpaired) electrons. The highest BCUT2D eigenvalue weighted by Crippen LogP contribution is 2.68. The van der Waals surface area contributed by atoms with Gasteiger partial charge in [0.15, 0.2) is 0 Å². The second-order valence-corrected chi connectivity index (χ2v) is 12.3. The maximum absolute atomic E-state index is 11.2. The van der Waals surface area contributed by atoms with Gasteiger partial charge in [-0.05, 0) is 124 Å². The third-order valence-electron chi connectivity index (χ3n) is 10.6. The molecule has 0 aromatic heterocycles. The maximum atomic E-state index is 11.2. The Labute approximate surface area is 179 Å². The van der Waals surface area contributed by atoms with Gasteiger partial charge in [-0.1, -0.05) is 32.4 Å². The Balaban J connectivity index is 1.52. The van der Waals surface area contributed by atoms with Crippen LogP contribution in [0.5, 0.6) is 0 Å². The van der Waals surface area contributed by atoms with Crippen LogP contribution in [0.15, 0.2) is 11.6 Å². The van der Waals surface area contributed by atoms with E-state index in [1.807, 2.05) is 0 Å². The van der Waals surface area contributed by atoms with E-state index in [0.717, 1.165) is 49.4 Å². The van der Waals surface area contributed by atoms with Crippen LogP contribution in [-0.2, 0) is 0 Å².